The van der Waals surface area contributed by atoms with Crippen LogP contribution < -0.4 is 0 Å². The summed E-state index contributed by atoms with van der Waals surface area (Å²) in [5.41, 5.74) is 0.801. The number of amides is 1. The molecule has 0 bridgehead atoms. The molecule has 4 heteroatoms. The minimum Gasteiger partial charge on any atom is -0.436 e. The average molecular weight is 166 g/mol. The third kappa shape index (κ3) is 0.913. The molecule has 1 aliphatic rings. The van der Waals surface area contributed by atoms with Gasteiger partial charge < -0.3 is 9.32 Å². The molecule has 1 aromatic rings. The molecule has 0 aromatic carbocycles. The zero-order valence-electron chi connectivity index (χ0n) is 7.13. The molecule has 2 heterocycles. The maximum atomic E-state index is 11.4. The van der Waals surface area contributed by atoms with E-state index in [4.69, 9.17) is 4.42 Å². The maximum absolute atomic E-state index is 11.4. The van der Waals surface area contributed by atoms with Crippen molar-refractivity contribution in [3.8, 4) is 0 Å². The van der Waals surface area contributed by atoms with Crippen molar-refractivity contribution in [1.82, 2.24) is 9.88 Å². The minimum atomic E-state index is -0.0585. The van der Waals surface area contributed by atoms with Gasteiger partial charge in [-0.05, 0) is 0 Å². The van der Waals surface area contributed by atoms with Gasteiger partial charge in [0.15, 0.2) is 5.89 Å². The van der Waals surface area contributed by atoms with Crippen molar-refractivity contribution >= 4 is 5.91 Å². The van der Waals surface area contributed by atoms with Crippen molar-refractivity contribution in [2.24, 2.45) is 0 Å². The van der Waals surface area contributed by atoms with Crippen LogP contribution in [0.2, 0.25) is 0 Å². The number of fused-ring (bicyclic) bond motifs is 1. The Morgan fingerprint density at radius 2 is 2.33 bits per heavy atom. The first kappa shape index (κ1) is 7.34. The fraction of sp³-hybridized carbons (Fsp3) is 0.500. The molecule has 0 unspecified atom stereocenters. The van der Waals surface area contributed by atoms with Crippen LogP contribution in [0.4, 0.5) is 0 Å². The quantitative estimate of drug-likeness (QED) is 0.567. The Kier molecular flexibility index (Phi) is 1.43. The standard InChI is InChI=1S/C8H10N2O2/c1-5-9-6-3-4-10(2)8(11)7(6)12-5/h3-4H2,1-2H3. The molecule has 0 atom stereocenters. The highest BCUT2D eigenvalue weighted by Gasteiger charge is 2.26. The Bertz CT molecular complexity index is 330. The fourth-order valence-corrected chi connectivity index (χ4v) is 1.36. The first-order chi connectivity index (χ1) is 5.68. The lowest BCUT2D eigenvalue weighted by molar-refractivity contribution is 0.0744. The van der Waals surface area contributed by atoms with Gasteiger partial charge in [0.1, 0.15) is 0 Å². The molecule has 4 nitrogen and oxygen atoms in total. The summed E-state index contributed by atoms with van der Waals surface area (Å²) in [5.74, 6) is 0.932. The van der Waals surface area contributed by atoms with Crippen LogP contribution in [-0.2, 0) is 6.42 Å². The highest BCUT2D eigenvalue weighted by Crippen LogP contribution is 2.17. The van der Waals surface area contributed by atoms with E-state index >= 15 is 0 Å². The summed E-state index contributed by atoms with van der Waals surface area (Å²) in [6, 6.07) is 0. The first-order valence-electron chi connectivity index (χ1n) is 3.90. The van der Waals surface area contributed by atoms with Gasteiger partial charge in [-0.25, -0.2) is 4.98 Å². The van der Waals surface area contributed by atoms with Crippen molar-refractivity contribution in [1.29, 1.82) is 0 Å². The normalized spacial score (nSPS) is 16.5. The molecular formula is C8H10N2O2. The van der Waals surface area contributed by atoms with Crippen LogP contribution in [0.3, 0.4) is 0 Å². The molecular weight excluding hydrogens is 156 g/mol. The molecule has 0 fully saturated rings. The first-order valence-corrected chi connectivity index (χ1v) is 3.90. The highest BCUT2D eigenvalue weighted by molar-refractivity contribution is 5.93. The predicted molar refractivity (Wildman–Crippen MR) is 41.9 cm³/mol. The fourth-order valence-electron chi connectivity index (χ4n) is 1.36. The van der Waals surface area contributed by atoms with E-state index in [0.717, 1.165) is 18.7 Å². The third-order valence-corrected chi connectivity index (χ3v) is 2.03. The molecule has 0 saturated heterocycles. The van der Waals surface area contributed by atoms with Crippen molar-refractivity contribution in [2.75, 3.05) is 13.6 Å². The van der Waals surface area contributed by atoms with Crippen molar-refractivity contribution < 1.29 is 9.21 Å². The second-order valence-corrected chi connectivity index (χ2v) is 2.99. The van der Waals surface area contributed by atoms with Gasteiger partial charge in [0.2, 0.25) is 5.76 Å². The van der Waals surface area contributed by atoms with E-state index in [-0.39, 0.29) is 5.91 Å². The largest absolute Gasteiger partial charge is 0.436 e. The van der Waals surface area contributed by atoms with Gasteiger partial charge >= 0.3 is 0 Å². The van der Waals surface area contributed by atoms with Crippen LogP contribution in [0.5, 0.6) is 0 Å². The molecule has 0 saturated carbocycles. The van der Waals surface area contributed by atoms with Crippen LogP contribution in [0, 0.1) is 6.92 Å². The van der Waals surface area contributed by atoms with Crippen LogP contribution >= 0.6 is 0 Å². The number of rotatable bonds is 0. The number of nitrogens with zero attached hydrogens (tertiary/aromatic N) is 2. The molecule has 1 aliphatic heterocycles. The minimum absolute atomic E-state index is 0.0585. The van der Waals surface area contributed by atoms with Gasteiger partial charge in [0, 0.05) is 26.9 Å². The summed E-state index contributed by atoms with van der Waals surface area (Å²) in [4.78, 5) is 17.2. The molecule has 0 aliphatic carbocycles. The Hall–Kier alpha value is -1.32. The van der Waals surface area contributed by atoms with Gasteiger partial charge in [0.25, 0.3) is 5.91 Å². The zero-order valence-corrected chi connectivity index (χ0v) is 7.13. The molecule has 0 radical (unpaired) electrons. The Morgan fingerprint density at radius 1 is 1.58 bits per heavy atom. The van der Waals surface area contributed by atoms with Crippen molar-refractivity contribution in [3.05, 3.63) is 17.3 Å². The summed E-state index contributed by atoms with van der Waals surface area (Å²) in [6.45, 7) is 2.49. The number of oxazole rings is 1. The van der Waals surface area contributed by atoms with Crippen LogP contribution in [0.1, 0.15) is 22.1 Å². The van der Waals surface area contributed by atoms with Crippen LogP contribution in [-0.4, -0.2) is 29.4 Å². The zero-order chi connectivity index (χ0) is 8.72. The summed E-state index contributed by atoms with van der Waals surface area (Å²) >= 11 is 0. The lowest BCUT2D eigenvalue weighted by atomic mass is 10.2. The summed E-state index contributed by atoms with van der Waals surface area (Å²) in [6.07, 6.45) is 0.801. The number of aromatic nitrogens is 1. The second kappa shape index (κ2) is 2.33. The Labute approximate surface area is 70.2 Å². The molecule has 2 rings (SSSR count). The number of aryl methyl sites for hydroxylation is 1. The van der Waals surface area contributed by atoms with Crippen LogP contribution in [0.15, 0.2) is 4.42 Å². The molecule has 1 amide bonds. The van der Waals surface area contributed by atoms with Gasteiger partial charge in [0.05, 0.1) is 5.69 Å². The number of carbonyl (C=O) groups is 1. The smallest absolute Gasteiger partial charge is 0.291 e. The number of likely N-dealkylation sites (N-methyl/N-ethyl adjacent to an activating group) is 1. The number of hydrogen-bond donors (Lipinski definition) is 0. The molecule has 12 heavy (non-hydrogen) atoms. The third-order valence-electron chi connectivity index (χ3n) is 2.03. The van der Waals surface area contributed by atoms with E-state index in [1.54, 1.807) is 18.9 Å². The highest BCUT2D eigenvalue weighted by atomic mass is 16.4. The second-order valence-electron chi connectivity index (χ2n) is 2.99. The van der Waals surface area contributed by atoms with E-state index in [1.807, 2.05) is 0 Å². The molecule has 0 N–H and O–H groups in total. The molecule has 64 valence electrons. The maximum Gasteiger partial charge on any atom is 0.291 e. The Balaban J connectivity index is 2.48. The SMILES string of the molecule is Cc1nc2c(o1)C(=O)N(C)CC2. The van der Waals surface area contributed by atoms with E-state index < -0.39 is 0 Å². The van der Waals surface area contributed by atoms with Crippen molar-refractivity contribution in [2.45, 2.75) is 13.3 Å². The average Bonchev–Trinajstić information content (AvgIpc) is 2.39. The van der Waals surface area contributed by atoms with Gasteiger partial charge in [-0.15, -0.1) is 0 Å². The molecule has 0 spiro atoms. The number of carbonyl (C=O) groups excluding carboxylic acids is 1. The predicted octanol–water partition coefficient (Wildman–Crippen LogP) is 0.611. The van der Waals surface area contributed by atoms with Crippen LogP contribution in [0.25, 0.3) is 0 Å². The van der Waals surface area contributed by atoms with E-state index in [9.17, 15) is 4.79 Å². The topological polar surface area (TPSA) is 46.3 Å². The lowest BCUT2D eigenvalue weighted by Gasteiger charge is -2.19. The Morgan fingerprint density at radius 3 is 3.08 bits per heavy atom. The van der Waals surface area contributed by atoms with E-state index in [0.29, 0.717) is 11.7 Å². The summed E-state index contributed by atoms with van der Waals surface area (Å²) in [7, 11) is 1.77. The van der Waals surface area contributed by atoms with Gasteiger partial charge in [-0.3, -0.25) is 4.79 Å². The van der Waals surface area contributed by atoms with E-state index in [2.05, 4.69) is 4.98 Å². The summed E-state index contributed by atoms with van der Waals surface area (Å²) in [5, 5.41) is 0. The summed E-state index contributed by atoms with van der Waals surface area (Å²) < 4.78 is 5.19. The number of hydrogen-bond acceptors (Lipinski definition) is 3. The lowest BCUT2D eigenvalue weighted by Crippen LogP contribution is -2.33. The molecule has 1 aromatic heterocycles. The van der Waals surface area contributed by atoms with E-state index in [1.165, 1.54) is 0 Å². The van der Waals surface area contributed by atoms with Gasteiger partial charge in [-0.2, -0.15) is 0 Å². The monoisotopic (exact) mass is 166 g/mol. The van der Waals surface area contributed by atoms with Gasteiger partial charge in [-0.1, -0.05) is 0 Å². The van der Waals surface area contributed by atoms with Crippen molar-refractivity contribution in [3.63, 3.8) is 0 Å².